The first-order valence-corrected chi connectivity index (χ1v) is 6.64. The minimum atomic E-state index is 0.390. The summed E-state index contributed by atoms with van der Waals surface area (Å²) in [5, 5.41) is 11.8. The van der Waals surface area contributed by atoms with Crippen LogP contribution in [0, 0.1) is 6.92 Å². The summed E-state index contributed by atoms with van der Waals surface area (Å²) in [5.41, 5.74) is 2.88. The monoisotopic (exact) mass is 271 g/mol. The molecule has 0 aliphatic carbocycles. The maximum atomic E-state index is 5.05. The third kappa shape index (κ3) is 2.36. The summed E-state index contributed by atoms with van der Waals surface area (Å²) in [4.78, 5) is 4.37. The topological polar surface area (TPSA) is 68.2 Å². The maximum absolute atomic E-state index is 5.05. The van der Waals surface area contributed by atoms with Gasteiger partial charge in [0.25, 0.3) is 0 Å². The van der Waals surface area contributed by atoms with Crippen molar-refractivity contribution in [1.82, 2.24) is 19.8 Å². The summed E-state index contributed by atoms with van der Waals surface area (Å²) in [6.07, 6.45) is 3.59. The Labute approximate surface area is 116 Å². The minimum absolute atomic E-state index is 0.390. The van der Waals surface area contributed by atoms with Crippen LogP contribution in [0.2, 0.25) is 0 Å². The second-order valence-corrected chi connectivity index (χ2v) is 5.11. The fourth-order valence-electron chi connectivity index (χ4n) is 2.03. The summed E-state index contributed by atoms with van der Waals surface area (Å²) in [6, 6.07) is 3.97. The van der Waals surface area contributed by atoms with Crippen LogP contribution in [0.15, 0.2) is 29.0 Å². The van der Waals surface area contributed by atoms with Crippen molar-refractivity contribution in [2.45, 2.75) is 33.2 Å². The predicted molar refractivity (Wildman–Crippen MR) is 75.6 cm³/mol. The first-order chi connectivity index (χ1) is 9.63. The molecule has 6 nitrogen and oxygen atoms in total. The van der Waals surface area contributed by atoms with Gasteiger partial charge in [-0.05, 0) is 18.9 Å². The second kappa shape index (κ2) is 4.96. The van der Waals surface area contributed by atoms with E-state index in [1.165, 1.54) is 0 Å². The lowest BCUT2D eigenvalue weighted by atomic mass is 10.1. The molecule has 0 unspecified atom stereocenters. The fraction of sp³-hybridized carbons (Fsp3) is 0.357. The van der Waals surface area contributed by atoms with Gasteiger partial charge in [-0.25, -0.2) is 9.50 Å². The van der Waals surface area contributed by atoms with Gasteiger partial charge in [0.1, 0.15) is 17.0 Å². The summed E-state index contributed by atoms with van der Waals surface area (Å²) in [7, 11) is 0. The van der Waals surface area contributed by atoms with Gasteiger partial charge in [-0.1, -0.05) is 19.0 Å². The smallest absolute Gasteiger partial charge is 0.152 e. The Morgan fingerprint density at radius 1 is 1.35 bits per heavy atom. The molecule has 3 heterocycles. The number of hydrogen-bond acceptors (Lipinski definition) is 5. The van der Waals surface area contributed by atoms with E-state index in [-0.39, 0.29) is 0 Å². The van der Waals surface area contributed by atoms with Crippen LogP contribution in [0.1, 0.15) is 36.9 Å². The highest BCUT2D eigenvalue weighted by Gasteiger charge is 2.10. The maximum Gasteiger partial charge on any atom is 0.152 e. The van der Waals surface area contributed by atoms with E-state index in [0.717, 1.165) is 28.5 Å². The predicted octanol–water partition coefficient (Wildman–Crippen LogP) is 2.76. The van der Waals surface area contributed by atoms with Crippen molar-refractivity contribution in [3.8, 4) is 0 Å². The SMILES string of the molecule is Cc1cc(CNc2nccn3nc(C(C)C)cc23)no1. The van der Waals surface area contributed by atoms with Crippen LogP contribution in [0.5, 0.6) is 0 Å². The number of nitrogens with one attached hydrogen (secondary N) is 1. The van der Waals surface area contributed by atoms with E-state index in [2.05, 4.69) is 40.5 Å². The fourth-order valence-corrected chi connectivity index (χ4v) is 2.03. The Morgan fingerprint density at radius 3 is 2.90 bits per heavy atom. The molecule has 0 spiro atoms. The Kier molecular flexibility index (Phi) is 3.14. The molecule has 0 saturated heterocycles. The average Bonchev–Trinajstić information content (AvgIpc) is 3.02. The van der Waals surface area contributed by atoms with Crippen molar-refractivity contribution in [1.29, 1.82) is 0 Å². The molecule has 3 aromatic rings. The van der Waals surface area contributed by atoms with E-state index in [1.54, 1.807) is 6.20 Å². The molecule has 0 aliphatic rings. The van der Waals surface area contributed by atoms with E-state index in [9.17, 15) is 0 Å². The second-order valence-electron chi connectivity index (χ2n) is 5.11. The number of aromatic nitrogens is 4. The zero-order valence-corrected chi connectivity index (χ0v) is 11.8. The molecule has 0 saturated carbocycles. The number of rotatable bonds is 4. The van der Waals surface area contributed by atoms with Crippen molar-refractivity contribution in [2.24, 2.45) is 0 Å². The zero-order valence-electron chi connectivity index (χ0n) is 11.8. The van der Waals surface area contributed by atoms with Crippen LogP contribution >= 0.6 is 0 Å². The van der Waals surface area contributed by atoms with E-state index < -0.39 is 0 Å². The van der Waals surface area contributed by atoms with Gasteiger partial charge in [0.15, 0.2) is 5.82 Å². The molecule has 0 atom stereocenters. The average molecular weight is 271 g/mol. The third-order valence-corrected chi connectivity index (χ3v) is 3.11. The first-order valence-electron chi connectivity index (χ1n) is 6.64. The van der Waals surface area contributed by atoms with E-state index in [0.29, 0.717) is 12.5 Å². The molecular weight excluding hydrogens is 254 g/mol. The van der Waals surface area contributed by atoms with E-state index in [1.807, 2.05) is 23.7 Å². The summed E-state index contributed by atoms with van der Waals surface area (Å²) < 4.78 is 6.89. The normalized spacial score (nSPS) is 11.4. The Balaban J connectivity index is 1.87. The van der Waals surface area contributed by atoms with Crippen molar-refractivity contribution < 1.29 is 4.52 Å². The first kappa shape index (κ1) is 12.7. The van der Waals surface area contributed by atoms with Crippen molar-refractivity contribution in [3.05, 3.63) is 41.7 Å². The van der Waals surface area contributed by atoms with Crippen LogP contribution in [0.3, 0.4) is 0 Å². The minimum Gasteiger partial charge on any atom is -0.362 e. The Morgan fingerprint density at radius 2 is 2.20 bits per heavy atom. The third-order valence-electron chi connectivity index (χ3n) is 3.11. The molecule has 0 bridgehead atoms. The van der Waals surface area contributed by atoms with E-state index in [4.69, 9.17) is 4.52 Å². The molecule has 0 aromatic carbocycles. The molecule has 1 N–H and O–H groups in total. The molecular formula is C14H17N5O. The van der Waals surface area contributed by atoms with Crippen LogP contribution in [-0.2, 0) is 6.54 Å². The molecule has 0 radical (unpaired) electrons. The number of aryl methyl sites for hydroxylation is 1. The highest BCUT2D eigenvalue weighted by atomic mass is 16.5. The van der Waals surface area contributed by atoms with Gasteiger partial charge in [-0.3, -0.25) is 0 Å². The summed E-state index contributed by atoms with van der Waals surface area (Å²) in [5.74, 6) is 1.99. The van der Waals surface area contributed by atoms with Crippen molar-refractivity contribution >= 4 is 11.3 Å². The van der Waals surface area contributed by atoms with Crippen molar-refractivity contribution in [3.63, 3.8) is 0 Å². The van der Waals surface area contributed by atoms with Crippen molar-refractivity contribution in [2.75, 3.05) is 5.32 Å². The van der Waals surface area contributed by atoms with Crippen LogP contribution < -0.4 is 5.32 Å². The van der Waals surface area contributed by atoms with Gasteiger partial charge in [0.05, 0.1) is 12.2 Å². The zero-order chi connectivity index (χ0) is 14.1. The number of fused-ring (bicyclic) bond motifs is 1. The molecule has 0 fully saturated rings. The molecule has 6 heteroatoms. The van der Waals surface area contributed by atoms with Gasteiger partial charge < -0.3 is 9.84 Å². The van der Waals surface area contributed by atoms with Crippen LogP contribution in [0.4, 0.5) is 5.82 Å². The van der Waals surface area contributed by atoms with Gasteiger partial charge >= 0.3 is 0 Å². The molecule has 0 amide bonds. The standard InChI is InChI=1S/C14H17N5O/c1-9(2)12-7-13-14(15-4-5-19(13)17-12)16-8-11-6-10(3)20-18-11/h4-7,9H,8H2,1-3H3,(H,15,16). The quantitative estimate of drug-likeness (QED) is 0.790. The van der Waals surface area contributed by atoms with Gasteiger partial charge in [-0.2, -0.15) is 5.10 Å². The number of hydrogen-bond donors (Lipinski definition) is 1. The highest BCUT2D eigenvalue weighted by Crippen LogP contribution is 2.20. The molecule has 0 aliphatic heterocycles. The molecule has 3 aromatic heterocycles. The lowest BCUT2D eigenvalue weighted by Gasteiger charge is -2.04. The number of nitrogens with zero attached hydrogens (tertiary/aromatic N) is 4. The Bertz CT molecular complexity index is 728. The molecule has 20 heavy (non-hydrogen) atoms. The van der Waals surface area contributed by atoms with Gasteiger partial charge in [0, 0.05) is 18.5 Å². The van der Waals surface area contributed by atoms with Gasteiger partial charge in [-0.15, -0.1) is 0 Å². The highest BCUT2D eigenvalue weighted by molar-refractivity contribution is 5.67. The molecule has 3 rings (SSSR count). The van der Waals surface area contributed by atoms with E-state index >= 15 is 0 Å². The molecule has 104 valence electrons. The van der Waals surface area contributed by atoms with Crippen LogP contribution in [-0.4, -0.2) is 19.8 Å². The van der Waals surface area contributed by atoms with Crippen LogP contribution in [0.25, 0.3) is 5.52 Å². The lowest BCUT2D eigenvalue weighted by molar-refractivity contribution is 0.391. The number of anilines is 1. The summed E-state index contributed by atoms with van der Waals surface area (Å²) >= 11 is 0. The van der Waals surface area contributed by atoms with Gasteiger partial charge in [0.2, 0.25) is 0 Å². The Hall–Kier alpha value is -2.37. The largest absolute Gasteiger partial charge is 0.362 e. The lowest BCUT2D eigenvalue weighted by Crippen LogP contribution is -2.03. The summed E-state index contributed by atoms with van der Waals surface area (Å²) in [6.45, 7) is 6.70.